The van der Waals surface area contributed by atoms with Crippen LogP contribution in [0.5, 0.6) is 0 Å². The molecule has 2 nitrogen and oxygen atoms in total. The van der Waals surface area contributed by atoms with E-state index in [1.807, 2.05) is 40.9 Å². The van der Waals surface area contributed by atoms with Crippen LogP contribution in [0.1, 0.15) is 12.0 Å². The van der Waals surface area contributed by atoms with Gasteiger partial charge in [-0.1, -0.05) is 104 Å². The van der Waals surface area contributed by atoms with Crippen LogP contribution in [-0.2, 0) is 0 Å². The van der Waals surface area contributed by atoms with Gasteiger partial charge in [-0.2, -0.15) is 0 Å². The molecule has 5 aromatic carbocycles. The number of allylic oxidation sites excluding steroid dienone is 6. The van der Waals surface area contributed by atoms with Crippen molar-refractivity contribution in [3.8, 4) is 0 Å². The van der Waals surface area contributed by atoms with Gasteiger partial charge in [0.15, 0.2) is 0 Å². The third-order valence-electron chi connectivity index (χ3n) is 8.63. The van der Waals surface area contributed by atoms with Crippen LogP contribution in [0.15, 0.2) is 151 Å². The molecule has 9 rings (SSSR count). The lowest BCUT2D eigenvalue weighted by Crippen LogP contribution is -2.13. The average molecular weight is 599 g/mol. The summed E-state index contributed by atoms with van der Waals surface area (Å²) in [4.78, 5) is 5.30. The lowest BCUT2D eigenvalue weighted by Gasteiger charge is -2.18. The Morgan fingerprint density at radius 2 is 1.32 bits per heavy atom. The van der Waals surface area contributed by atoms with Crippen LogP contribution in [0.4, 0.5) is 0 Å². The third kappa shape index (κ3) is 3.82. The number of fused-ring (bicyclic) bond motifs is 10. The number of dihydropyridines is 1. The largest absolute Gasteiger partial charge is 0.294 e. The van der Waals surface area contributed by atoms with E-state index in [2.05, 4.69) is 126 Å². The number of aliphatic imine (C=N–C) groups is 1. The average Bonchev–Trinajstić information content (AvgIpc) is 3.74. The van der Waals surface area contributed by atoms with Gasteiger partial charge in [-0.15, -0.1) is 22.7 Å². The number of benzene rings is 5. The molecule has 0 N–H and O–H groups in total. The Morgan fingerprint density at radius 1 is 0.636 bits per heavy atom. The van der Waals surface area contributed by atoms with Gasteiger partial charge < -0.3 is 0 Å². The maximum Gasteiger partial charge on any atom is 0.138 e. The van der Waals surface area contributed by atoms with Gasteiger partial charge in [0, 0.05) is 63.2 Å². The number of hydrogen-bond acceptors (Lipinski definition) is 3. The molecule has 1 aliphatic rings. The number of nitrogens with zero attached hydrogens (tertiary/aromatic N) is 2. The standard InChI is InChI=1S/C40H26N2S2/c1-2-3-4-12-26-23-25(27-16-11-17-30-28-13-6-9-19-35(28)43-39(27)30)24-37(41-26)42-33-18-8-5-15-32(33)38-34(42)22-21-31-29-14-7-10-20-36(29)44-40(31)38/h2-22,24H,1,23H2/b4-3-,26-12+. The summed E-state index contributed by atoms with van der Waals surface area (Å²) in [5.74, 6) is 0.939. The number of para-hydroxylation sites is 1. The van der Waals surface area contributed by atoms with E-state index >= 15 is 0 Å². The van der Waals surface area contributed by atoms with E-state index < -0.39 is 0 Å². The molecular weight excluding hydrogens is 573 g/mol. The number of hydrogen-bond donors (Lipinski definition) is 0. The Bertz CT molecular complexity index is 2600. The zero-order valence-corrected chi connectivity index (χ0v) is 25.5. The first-order chi connectivity index (χ1) is 21.8. The zero-order chi connectivity index (χ0) is 29.2. The van der Waals surface area contributed by atoms with Gasteiger partial charge in [-0.25, -0.2) is 4.99 Å². The Morgan fingerprint density at radius 3 is 2.11 bits per heavy atom. The maximum absolute atomic E-state index is 5.30. The van der Waals surface area contributed by atoms with Gasteiger partial charge in [0.25, 0.3) is 0 Å². The molecule has 3 aromatic heterocycles. The van der Waals surface area contributed by atoms with Gasteiger partial charge in [0.05, 0.1) is 11.0 Å². The lowest BCUT2D eigenvalue weighted by atomic mass is 9.96. The van der Waals surface area contributed by atoms with E-state index in [0.29, 0.717) is 0 Å². The molecule has 4 heteroatoms. The van der Waals surface area contributed by atoms with Crippen LogP contribution in [0.3, 0.4) is 0 Å². The van der Waals surface area contributed by atoms with Crippen molar-refractivity contribution in [3.05, 3.63) is 151 Å². The highest BCUT2D eigenvalue weighted by atomic mass is 32.1. The quantitative estimate of drug-likeness (QED) is 0.180. The van der Waals surface area contributed by atoms with Crippen molar-refractivity contribution in [2.24, 2.45) is 4.99 Å². The van der Waals surface area contributed by atoms with Crippen LogP contribution in [-0.4, -0.2) is 10.4 Å². The molecule has 0 atom stereocenters. The van der Waals surface area contributed by atoms with Crippen molar-refractivity contribution >= 4 is 96.2 Å². The first-order valence-electron chi connectivity index (χ1n) is 14.8. The predicted octanol–water partition coefficient (Wildman–Crippen LogP) is 11.9. The van der Waals surface area contributed by atoms with Crippen molar-refractivity contribution in [1.29, 1.82) is 0 Å². The van der Waals surface area contributed by atoms with Gasteiger partial charge in [-0.05, 0) is 47.6 Å². The Hall–Kier alpha value is -5.03. The van der Waals surface area contributed by atoms with Gasteiger partial charge in [-0.3, -0.25) is 4.57 Å². The summed E-state index contributed by atoms with van der Waals surface area (Å²) in [6.45, 7) is 3.86. The summed E-state index contributed by atoms with van der Waals surface area (Å²) in [7, 11) is 0. The minimum absolute atomic E-state index is 0.760. The molecule has 8 aromatic rings. The molecule has 0 aliphatic carbocycles. The van der Waals surface area contributed by atoms with E-state index in [9.17, 15) is 0 Å². The molecule has 0 unspecified atom stereocenters. The van der Waals surface area contributed by atoms with Crippen LogP contribution in [0.2, 0.25) is 0 Å². The van der Waals surface area contributed by atoms with Crippen molar-refractivity contribution < 1.29 is 0 Å². The second-order valence-corrected chi connectivity index (χ2v) is 13.3. The van der Waals surface area contributed by atoms with Gasteiger partial charge in [0.1, 0.15) is 5.84 Å². The van der Waals surface area contributed by atoms with Crippen molar-refractivity contribution in [2.45, 2.75) is 6.42 Å². The maximum atomic E-state index is 5.30. The summed E-state index contributed by atoms with van der Waals surface area (Å²) in [6, 6.07) is 37.5. The normalized spacial score (nSPS) is 15.0. The second-order valence-electron chi connectivity index (χ2n) is 11.2. The van der Waals surface area contributed by atoms with Gasteiger partial charge in [0.2, 0.25) is 0 Å². The van der Waals surface area contributed by atoms with Crippen molar-refractivity contribution in [2.75, 3.05) is 0 Å². The molecular formula is C40H26N2S2. The third-order valence-corrected chi connectivity index (χ3v) is 11.1. The van der Waals surface area contributed by atoms with E-state index in [0.717, 1.165) is 18.0 Å². The highest BCUT2D eigenvalue weighted by Crippen LogP contribution is 2.44. The summed E-state index contributed by atoms with van der Waals surface area (Å²) in [5, 5.41) is 7.82. The lowest BCUT2D eigenvalue weighted by molar-refractivity contribution is 1.12. The molecule has 0 amide bonds. The van der Waals surface area contributed by atoms with Crippen LogP contribution in [0.25, 0.3) is 67.7 Å². The molecule has 0 saturated carbocycles. The Labute approximate surface area is 262 Å². The SMILES string of the molecule is C=C/C=C\C=C1/CC(c2cccc3c2sc2ccccc23)=CC(n2c3ccccc3c3c4sc5ccccc5c4ccc32)=N1. The Balaban J connectivity index is 1.33. The molecule has 0 bridgehead atoms. The zero-order valence-electron chi connectivity index (χ0n) is 23.8. The number of thiophene rings is 2. The topological polar surface area (TPSA) is 17.3 Å². The second kappa shape index (κ2) is 10.0. The highest BCUT2D eigenvalue weighted by Gasteiger charge is 2.22. The summed E-state index contributed by atoms with van der Waals surface area (Å²) < 4.78 is 7.67. The van der Waals surface area contributed by atoms with Crippen LogP contribution < -0.4 is 0 Å². The van der Waals surface area contributed by atoms with Crippen LogP contribution >= 0.6 is 22.7 Å². The van der Waals surface area contributed by atoms with E-state index in [-0.39, 0.29) is 0 Å². The van der Waals surface area contributed by atoms with Gasteiger partial charge >= 0.3 is 0 Å². The monoisotopic (exact) mass is 598 g/mol. The molecule has 0 spiro atoms. The van der Waals surface area contributed by atoms with E-state index in [4.69, 9.17) is 4.99 Å². The predicted molar refractivity (Wildman–Crippen MR) is 195 cm³/mol. The Kier molecular flexibility index (Phi) is 5.80. The molecule has 44 heavy (non-hydrogen) atoms. The first-order valence-corrected chi connectivity index (χ1v) is 16.4. The molecule has 208 valence electrons. The smallest absolute Gasteiger partial charge is 0.138 e. The number of aromatic nitrogens is 1. The minimum Gasteiger partial charge on any atom is -0.294 e. The molecule has 0 radical (unpaired) electrons. The summed E-state index contributed by atoms with van der Waals surface area (Å²) in [6.07, 6.45) is 11.0. The van der Waals surface area contributed by atoms with E-state index in [1.54, 1.807) is 0 Å². The fourth-order valence-corrected chi connectivity index (χ4v) is 9.24. The molecule has 1 aliphatic heterocycles. The van der Waals surface area contributed by atoms with Crippen molar-refractivity contribution in [3.63, 3.8) is 0 Å². The molecule has 0 fully saturated rings. The number of rotatable bonds is 3. The minimum atomic E-state index is 0.760. The molecule has 0 saturated heterocycles. The highest BCUT2D eigenvalue weighted by molar-refractivity contribution is 7.27. The fourth-order valence-electron chi connectivity index (χ4n) is 6.73. The van der Waals surface area contributed by atoms with E-state index in [1.165, 1.54) is 73.3 Å². The fraction of sp³-hybridized carbons (Fsp3) is 0.0250. The van der Waals surface area contributed by atoms with Crippen molar-refractivity contribution in [1.82, 2.24) is 4.57 Å². The summed E-state index contributed by atoms with van der Waals surface area (Å²) >= 11 is 3.76. The molecule has 4 heterocycles. The summed E-state index contributed by atoms with van der Waals surface area (Å²) in [5.41, 5.74) is 5.94. The first kappa shape index (κ1) is 25.5. The van der Waals surface area contributed by atoms with Crippen LogP contribution in [0, 0.1) is 0 Å².